The molecule has 1 heterocycles. The van der Waals surface area contributed by atoms with Crippen molar-refractivity contribution in [2.45, 2.75) is 18.6 Å². The average molecular weight is 356 g/mol. The second-order valence-corrected chi connectivity index (χ2v) is 6.62. The van der Waals surface area contributed by atoms with Crippen LogP contribution < -0.4 is 5.32 Å². The van der Waals surface area contributed by atoms with Gasteiger partial charge in [-0.05, 0) is 16.7 Å². The Morgan fingerprint density at radius 1 is 0.704 bits per heavy atom. The fourth-order valence-electron chi connectivity index (χ4n) is 3.50. The van der Waals surface area contributed by atoms with Gasteiger partial charge in [0.05, 0.1) is 0 Å². The molecule has 134 valence electrons. The van der Waals surface area contributed by atoms with E-state index in [-0.39, 0.29) is 11.8 Å². The second-order valence-electron chi connectivity index (χ2n) is 6.62. The molecule has 1 fully saturated rings. The average Bonchev–Trinajstić information content (AvgIpc) is 2.72. The summed E-state index contributed by atoms with van der Waals surface area (Å²) in [5.74, 6) is -0.260. The maximum absolute atomic E-state index is 13.4. The lowest BCUT2D eigenvalue weighted by Gasteiger charge is -2.39. The van der Waals surface area contributed by atoms with E-state index in [0.717, 1.165) is 16.7 Å². The van der Waals surface area contributed by atoms with E-state index in [1.807, 2.05) is 91.0 Å². The number of piperazine rings is 1. The zero-order valence-corrected chi connectivity index (χ0v) is 14.8. The molecule has 2 unspecified atom stereocenters. The fourth-order valence-corrected chi connectivity index (χ4v) is 3.50. The van der Waals surface area contributed by atoms with Crippen molar-refractivity contribution in [1.29, 1.82) is 0 Å². The predicted octanol–water partition coefficient (Wildman–Crippen LogP) is 3.63. The minimum absolute atomic E-state index is 0.0986. The van der Waals surface area contributed by atoms with E-state index in [0.29, 0.717) is 6.54 Å². The molecule has 0 radical (unpaired) electrons. The zero-order chi connectivity index (χ0) is 18.6. The summed E-state index contributed by atoms with van der Waals surface area (Å²) in [5.41, 5.74) is 2.60. The summed E-state index contributed by atoms with van der Waals surface area (Å²) in [7, 11) is 0. The summed E-state index contributed by atoms with van der Waals surface area (Å²) < 4.78 is 0. The number of hydrogen-bond acceptors (Lipinski definition) is 2. The van der Waals surface area contributed by atoms with Crippen LogP contribution in [0.1, 0.15) is 28.8 Å². The van der Waals surface area contributed by atoms with Gasteiger partial charge in [-0.2, -0.15) is 0 Å². The molecule has 0 spiro atoms. The first-order chi connectivity index (χ1) is 13.2. The van der Waals surface area contributed by atoms with Crippen LogP contribution in [0.4, 0.5) is 0 Å². The molecule has 2 atom stereocenters. The molecule has 1 aliphatic heterocycles. The number of benzene rings is 3. The number of carbonyl (C=O) groups excluding carboxylic acids is 2. The van der Waals surface area contributed by atoms with Gasteiger partial charge in [-0.25, -0.2) is 0 Å². The van der Waals surface area contributed by atoms with Gasteiger partial charge in [0, 0.05) is 6.54 Å². The predicted molar refractivity (Wildman–Crippen MR) is 104 cm³/mol. The first-order valence-corrected chi connectivity index (χ1v) is 8.99. The van der Waals surface area contributed by atoms with Crippen LogP contribution in [0.25, 0.3) is 0 Å². The first kappa shape index (κ1) is 17.0. The molecule has 4 heteroatoms. The Hall–Kier alpha value is -3.40. The molecule has 3 aromatic carbocycles. The molecule has 0 bridgehead atoms. The Balaban J connectivity index is 1.73. The van der Waals surface area contributed by atoms with Crippen molar-refractivity contribution >= 4 is 11.8 Å². The van der Waals surface area contributed by atoms with Crippen LogP contribution in [0.3, 0.4) is 0 Å². The number of hydrogen-bond donors (Lipinski definition) is 1. The van der Waals surface area contributed by atoms with Crippen molar-refractivity contribution < 1.29 is 9.59 Å². The van der Waals surface area contributed by atoms with Gasteiger partial charge >= 0.3 is 0 Å². The minimum Gasteiger partial charge on any atom is -0.338 e. The van der Waals surface area contributed by atoms with Crippen molar-refractivity contribution in [3.05, 3.63) is 108 Å². The van der Waals surface area contributed by atoms with E-state index in [1.54, 1.807) is 4.90 Å². The van der Waals surface area contributed by atoms with Crippen LogP contribution in [0.15, 0.2) is 91.0 Å². The highest BCUT2D eigenvalue weighted by molar-refractivity contribution is 5.98. The second kappa shape index (κ2) is 7.46. The Morgan fingerprint density at radius 3 is 1.81 bits per heavy atom. The standard InChI is InChI=1S/C23H20N2O2/c26-22-21(19-14-8-3-9-15-19)25(16-17-10-4-1-5-11-17)23(27)20(24-22)18-12-6-2-7-13-18/h1-15,20-21H,16H2,(H,24,26). The number of nitrogens with one attached hydrogen (secondary N) is 1. The van der Waals surface area contributed by atoms with E-state index < -0.39 is 12.1 Å². The summed E-state index contributed by atoms with van der Waals surface area (Å²) in [6.07, 6.45) is 0. The molecule has 4 nitrogen and oxygen atoms in total. The maximum atomic E-state index is 13.4. The smallest absolute Gasteiger partial charge is 0.251 e. The van der Waals surface area contributed by atoms with Gasteiger partial charge in [0.15, 0.2) is 0 Å². The molecular formula is C23H20N2O2. The summed E-state index contributed by atoms with van der Waals surface area (Å²) >= 11 is 0. The third-order valence-electron chi connectivity index (χ3n) is 4.82. The molecule has 3 aromatic rings. The van der Waals surface area contributed by atoms with E-state index in [4.69, 9.17) is 0 Å². The fraction of sp³-hybridized carbons (Fsp3) is 0.130. The number of nitrogens with zero attached hydrogens (tertiary/aromatic N) is 1. The highest BCUT2D eigenvalue weighted by Crippen LogP contribution is 2.32. The Bertz CT molecular complexity index is 926. The summed E-state index contributed by atoms with van der Waals surface area (Å²) in [6.45, 7) is 0.385. The van der Waals surface area contributed by atoms with Crippen molar-refractivity contribution in [3.8, 4) is 0 Å². The quantitative estimate of drug-likeness (QED) is 0.776. The van der Waals surface area contributed by atoms with Crippen LogP contribution in [0.5, 0.6) is 0 Å². The zero-order valence-electron chi connectivity index (χ0n) is 14.8. The van der Waals surface area contributed by atoms with Gasteiger partial charge in [0.25, 0.3) is 5.91 Å². The minimum atomic E-state index is -0.664. The SMILES string of the molecule is O=C1NC(c2ccccc2)C(=O)N(Cc2ccccc2)C1c1ccccc1. The molecule has 1 saturated heterocycles. The molecule has 4 rings (SSSR count). The molecule has 1 aliphatic rings. The number of rotatable bonds is 4. The van der Waals surface area contributed by atoms with Gasteiger partial charge in [0.2, 0.25) is 5.91 Å². The lowest BCUT2D eigenvalue weighted by molar-refractivity contribution is -0.150. The van der Waals surface area contributed by atoms with Crippen molar-refractivity contribution in [3.63, 3.8) is 0 Å². The van der Waals surface area contributed by atoms with Gasteiger partial charge in [-0.3, -0.25) is 9.59 Å². The highest BCUT2D eigenvalue weighted by atomic mass is 16.2. The van der Waals surface area contributed by atoms with Crippen molar-refractivity contribution in [2.75, 3.05) is 0 Å². The van der Waals surface area contributed by atoms with Crippen molar-refractivity contribution in [1.82, 2.24) is 10.2 Å². The van der Waals surface area contributed by atoms with E-state index in [2.05, 4.69) is 5.32 Å². The number of amides is 2. The largest absolute Gasteiger partial charge is 0.338 e. The van der Waals surface area contributed by atoms with E-state index >= 15 is 0 Å². The lowest BCUT2D eigenvalue weighted by atomic mass is 9.95. The summed E-state index contributed by atoms with van der Waals surface area (Å²) in [4.78, 5) is 28.1. The van der Waals surface area contributed by atoms with Gasteiger partial charge in [0.1, 0.15) is 12.1 Å². The van der Waals surface area contributed by atoms with Gasteiger partial charge in [-0.15, -0.1) is 0 Å². The molecule has 0 saturated carbocycles. The summed E-state index contributed by atoms with van der Waals surface area (Å²) in [5, 5.41) is 2.92. The Labute approximate surface area is 158 Å². The monoisotopic (exact) mass is 356 g/mol. The molecule has 0 aliphatic carbocycles. The van der Waals surface area contributed by atoms with Crippen LogP contribution in [0.2, 0.25) is 0 Å². The Morgan fingerprint density at radius 2 is 1.22 bits per heavy atom. The molecule has 0 aromatic heterocycles. The molecule has 27 heavy (non-hydrogen) atoms. The van der Waals surface area contributed by atoms with Crippen LogP contribution in [0, 0.1) is 0 Å². The third-order valence-corrected chi connectivity index (χ3v) is 4.82. The highest BCUT2D eigenvalue weighted by Gasteiger charge is 2.41. The number of carbonyl (C=O) groups is 2. The first-order valence-electron chi connectivity index (χ1n) is 8.99. The third kappa shape index (κ3) is 3.47. The van der Waals surface area contributed by atoms with Crippen LogP contribution in [-0.2, 0) is 16.1 Å². The van der Waals surface area contributed by atoms with Gasteiger partial charge < -0.3 is 10.2 Å². The van der Waals surface area contributed by atoms with Crippen molar-refractivity contribution in [2.24, 2.45) is 0 Å². The van der Waals surface area contributed by atoms with Crippen LogP contribution >= 0.6 is 0 Å². The lowest BCUT2D eigenvalue weighted by Crippen LogP contribution is -2.54. The normalized spacial score (nSPS) is 19.6. The van der Waals surface area contributed by atoms with E-state index in [1.165, 1.54) is 0 Å². The summed E-state index contributed by atoms with van der Waals surface area (Å²) in [6, 6.07) is 27.3. The molecule has 1 N–H and O–H groups in total. The molecular weight excluding hydrogens is 336 g/mol. The van der Waals surface area contributed by atoms with Crippen LogP contribution in [-0.4, -0.2) is 16.7 Å². The molecule has 2 amide bonds. The topological polar surface area (TPSA) is 49.4 Å². The van der Waals surface area contributed by atoms with Gasteiger partial charge in [-0.1, -0.05) is 91.0 Å². The Kier molecular flexibility index (Phi) is 4.71. The maximum Gasteiger partial charge on any atom is 0.251 e. The van der Waals surface area contributed by atoms with E-state index in [9.17, 15) is 9.59 Å².